The quantitative estimate of drug-likeness (QED) is 0.899. The first-order valence-corrected chi connectivity index (χ1v) is 8.24. The van der Waals surface area contributed by atoms with E-state index in [4.69, 9.17) is 5.73 Å². The molecule has 1 aliphatic rings. The summed E-state index contributed by atoms with van der Waals surface area (Å²) in [5.74, 6) is 0.947. The van der Waals surface area contributed by atoms with E-state index in [-0.39, 0.29) is 0 Å². The van der Waals surface area contributed by atoms with Gasteiger partial charge in [-0.05, 0) is 68.3 Å². The Kier molecular flexibility index (Phi) is 3.94. The first-order valence-electron chi connectivity index (χ1n) is 8.24. The molecule has 114 valence electrons. The summed E-state index contributed by atoms with van der Waals surface area (Å²) in [5, 5.41) is 11.1. The maximum atomic E-state index is 9.88. The minimum absolute atomic E-state index is 0.363. The minimum atomic E-state index is 0.363. The highest BCUT2D eigenvalue weighted by molar-refractivity contribution is 5.87. The van der Waals surface area contributed by atoms with Gasteiger partial charge in [0.1, 0.15) is 5.75 Å². The van der Waals surface area contributed by atoms with Gasteiger partial charge in [0, 0.05) is 22.6 Å². The Bertz CT molecular complexity index is 640. The zero-order valence-electron chi connectivity index (χ0n) is 13.1. The molecule has 0 aliphatic heterocycles. The molecule has 0 spiro atoms. The van der Waals surface area contributed by atoms with Crippen LogP contribution < -0.4 is 5.73 Å². The van der Waals surface area contributed by atoms with E-state index in [0.29, 0.717) is 17.7 Å². The summed E-state index contributed by atoms with van der Waals surface area (Å²) in [4.78, 5) is 0. The Morgan fingerprint density at radius 1 is 1.33 bits per heavy atom. The van der Waals surface area contributed by atoms with Crippen LogP contribution in [0, 0.1) is 5.92 Å². The van der Waals surface area contributed by atoms with Gasteiger partial charge >= 0.3 is 0 Å². The zero-order valence-corrected chi connectivity index (χ0v) is 13.1. The first-order chi connectivity index (χ1) is 10.2. The second-order valence-corrected chi connectivity index (χ2v) is 6.31. The molecule has 3 nitrogen and oxygen atoms in total. The van der Waals surface area contributed by atoms with E-state index < -0.39 is 0 Å². The third-order valence-electron chi connectivity index (χ3n) is 5.13. The van der Waals surface area contributed by atoms with Crippen molar-refractivity contribution >= 4 is 10.9 Å². The average Bonchev–Trinajstić information content (AvgIpc) is 2.82. The lowest BCUT2D eigenvalue weighted by molar-refractivity contribution is 0.424. The molecule has 21 heavy (non-hydrogen) atoms. The van der Waals surface area contributed by atoms with Crippen molar-refractivity contribution in [2.24, 2.45) is 11.7 Å². The number of rotatable bonds is 4. The maximum absolute atomic E-state index is 9.88. The van der Waals surface area contributed by atoms with Crippen LogP contribution in [0.15, 0.2) is 18.2 Å². The molecule has 0 radical (unpaired) electrons. The summed E-state index contributed by atoms with van der Waals surface area (Å²) in [5.41, 5.74) is 10.1. The number of benzene rings is 1. The number of hydrogen-bond donors (Lipinski definition) is 2. The third kappa shape index (κ3) is 2.34. The fourth-order valence-corrected chi connectivity index (χ4v) is 3.92. The standard InChI is InChI=1S/C18H26N2O/c1-3-13(4-2)20-17-7-5-12(11-19)9-15(17)16-10-14(21)6-8-18(16)20/h6,8,10,12-13,21H,3-5,7,9,11,19H2,1-2H3. The second-order valence-electron chi connectivity index (χ2n) is 6.31. The lowest BCUT2D eigenvalue weighted by atomic mass is 9.86. The molecule has 1 aromatic carbocycles. The van der Waals surface area contributed by atoms with Gasteiger partial charge < -0.3 is 15.4 Å². The summed E-state index contributed by atoms with van der Waals surface area (Å²) >= 11 is 0. The van der Waals surface area contributed by atoms with E-state index in [9.17, 15) is 5.11 Å². The third-order valence-corrected chi connectivity index (χ3v) is 5.13. The Labute approximate surface area is 126 Å². The monoisotopic (exact) mass is 286 g/mol. The van der Waals surface area contributed by atoms with Gasteiger partial charge in [-0.25, -0.2) is 0 Å². The number of aromatic hydroxyl groups is 1. The average molecular weight is 286 g/mol. The topological polar surface area (TPSA) is 51.2 Å². The molecule has 1 unspecified atom stereocenters. The van der Waals surface area contributed by atoms with Crippen LogP contribution in [0.3, 0.4) is 0 Å². The fraction of sp³-hybridized carbons (Fsp3) is 0.556. The van der Waals surface area contributed by atoms with Crippen LogP contribution in [0.25, 0.3) is 10.9 Å². The van der Waals surface area contributed by atoms with E-state index in [2.05, 4.69) is 24.5 Å². The summed E-state index contributed by atoms with van der Waals surface area (Å²) in [7, 11) is 0. The molecule has 0 saturated heterocycles. The summed E-state index contributed by atoms with van der Waals surface area (Å²) in [6.45, 7) is 5.28. The lowest BCUT2D eigenvalue weighted by Crippen LogP contribution is -2.23. The number of nitrogens with zero attached hydrogens (tertiary/aromatic N) is 1. The van der Waals surface area contributed by atoms with Gasteiger partial charge in [0.25, 0.3) is 0 Å². The molecule has 1 aliphatic carbocycles. The molecule has 0 fully saturated rings. The Hall–Kier alpha value is -1.48. The summed E-state index contributed by atoms with van der Waals surface area (Å²) in [6, 6.07) is 6.38. The van der Waals surface area contributed by atoms with E-state index in [0.717, 1.165) is 32.2 Å². The van der Waals surface area contributed by atoms with Crippen LogP contribution >= 0.6 is 0 Å². The van der Waals surface area contributed by atoms with Crippen molar-refractivity contribution in [3.63, 3.8) is 0 Å². The lowest BCUT2D eigenvalue weighted by Gasteiger charge is -2.26. The number of nitrogens with two attached hydrogens (primary N) is 1. The summed E-state index contributed by atoms with van der Waals surface area (Å²) in [6.07, 6.45) is 5.65. The molecular formula is C18H26N2O. The van der Waals surface area contributed by atoms with Crippen LogP contribution in [0.2, 0.25) is 0 Å². The van der Waals surface area contributed by atoms with Crippen LogP contribution in [-0.2, 0) is 12.8 Å². The first kappa shape index (κ1) is 14.5. The number of phenolic OH excluding ortho intramolecular Hbond substituents is 1. The van der Waals surface area contributed by atoms with Gasteiger partial charge in [-0.1, -0.05) is 13.8 Å². The largest absolute Gasteiger partial charge is 0.508 e. The van der Waals surface area contributed by atoms with Crippen molar-refractivity contribution in [1.29, 1.82) is 0 Å². The van der Waals surface area contributed by atoms with Gasteiger partial charge in [0.05, 0.1) is 0 Å². The van der Waals surface area contributed by atoms with Crippen LogP contribution in [-0.4, -0.2) is 16.2 Å². The maximum Gasteiger partial charge on any atom is 0.116 e. The minimum Gasteiger partial charge on any atom is -0.508 e. The van der Waals surface area contributed by atoms with Gasteiger partial charge in [0.15, 0.2) is 0 Å². The molecule has 1 atom stereocenters. The van der Waals surface area contributed by atoms with Crippen molar-refractivity contribution < 1.29 is 5.11 Å². The molecule has 0 bridgehead atoms. The van der Waals surface area contributed by atoms with Crippen LogP contribution in [0.1, 0.15) is 50.4 Å². The summed E-state index contributed by atoms with van der Waals surface area (Å²) < 4.78 is 2.54. The fourth-order valence-electron chi connectivity index (χ4n) is 3.92. The normalized spacial score (nSPS) is 18.4. The van der Waals surface area contributed by atoms with Gasteiger partial charge in [-0.3, -0.25) is 0 Å². The van der Waals surface area contributed by atoms with Crippen LogP contribution in [0.5, 0.6) is 5.75 Å². The van der Waals surface area contributed by atoms with E-state index in [1.54, 1.807) is 0 Å². The molecule has 3 heteroatoms. The van der Waals surface area contributed by atoms with Crippen molar-refractivity contribution in [2.75, 3.05) is 6.54 Å². The predicted molar refractivity (Wildman–Crippen MR) is 87.8 cm³/mol. The molecule has 1 heterocycles. The highest BCUT2D eigenvalue weighted by Gasteiger charge is 2.26. The van der Waals surface area contributed by atoms with Gasteiger partial charge in [-0.2, -0.15) is 0 Å². The molecule has 3 rings (SSSR count). The molecule has 3 N–H and O–H groups in total. The SMILES string of the molecule is CCC(CC)n1c2c(c3cc(O)ccc31)CC(CN)CC2. The number of hydrogen-bond acceptors (Lipinski definition) is 2. The van der Waals surface area contributed by atoms with E-state index in [1.165, 1.54) is 28.6 Å². The van der Waals surface area contributed by atoms with Gasteiger partial charge in [-0.15, -0.1) is 0 Å². The predicted octanol–water partition coefficient (Wildman–Crippen LogP) is 3.77. The molecule has 1 aromatic heterocycles. The Morgan fingerprint density at radius 3 is 2.76 bits per heavy atom. The molecular weight excluding hydrogens is 260 g/mol. The molecule has 0 saturated carbocycles. The van der Waals surface area contributed by atoms with Gasteiger partial charge in [0.2, 0.25) is 0 Å². The highest BCUT2D eigenvalue weighted by atomic mass is 16.3. The number of aromatic nitrogens is 1. The van der Waals surface area contributed by atoms with E-state index >= 15 is 0 Å². The number of fused-ring (bicyclic) bond motifs is 3. The number of phenols is 1. The van der Waals surface area contributed by atoms with Crippen molar-refractivity contribution in [2.45, 2.75) is 52.0 Å². The molecule has 2 aromatic rings. The highest BCUT2D eigenvalue weighted by Crippen LogP contribution is 2.38. The van der Waals surface area contributed by atoms with Crippen LogP contribution in [0.4, 0.5) is 0 Å². The van der Waals surface area contributed by atoms with Crippen molar-refractivity contribution in [3.8, 4) is 5.75 Å². The second kappa shape index (κ2) is 5.72. The Balaban J connectivity index is 2.23. The smallest absolute Gasteiger partial charge is 0.116 e. The van der Waals surface area contributed by atoms with Crippen molar-refractivity contribution in [1.82, 2.24) is 4.57 Å². The Morgan fingerprint density at radius 2 is 2.10 bits per heavy atom. The molecule has 0 amide bonds. The van der Waals surface area contributed by atoms with Crippen molar-refractivity contribution in [3.05, 3.63) is 29.5 Å². The zero-order chi connectivity index (χ0) is 15.0. The van der Waals surface area contributed by atoms with E-state index in [1.807, 2.05) is 12.1 Å².